The summed E-state index contributed by atoms with van der Waals surface area (Å²) in [6.07, 6.45) is 4.91. The maximum absolute atomic E-state index is 14.4. The third-order valence-corrected chi connectivity index (χ3v) is 6.54. The van der Waals surface area contributed by atoms with Crippen molar-refractivity contribution in [2.75, 3.05) is 18.4 Å². The standard InChI is InChI=1S/C24H24ClFN6O2/c1-14-4-3-9-31(20(14)13-27-24-30-19-6-5-16(25)11-21(19)34-24)23(33)18-12-17(26)10-15(2)22(18)32-28-7-8-29-32/h5-8,10-12,14,20H,3-4,9,13H2,1-2H3,(H,27,30)/t14-,20-/m1/s1. The molecule has 176 valence electrons. The van der Waals surface area contributed by atoms with Gasteiger partial charge in [0.25, 0.3) is 11.9 Å². The van der Waals surface area contributed by atoms with Gasteiger partial charge in [-0.3, -0.25) is 4.79 Å². The molecule has 0 saturated carbocycles. The Morgan fingerprint density at radius 2 is 2.06 bits per heavy atom. The van der Waals surface area contributed by atoms with Crippen LogP contribution in [-0.4, -0.2) is 49.9 Å². The van der Waals surface area contributed by atoms with Crippen molar-refractivity contribution in [2.45, 2.75) is 32.7 Å². The summed E-state index contributed by atoms with van der Waals surface area (Å²) >= 11 is 6.04. The fourth-order valence-electron chi connectivity index (χ4n) is 4.63. The van der Waals surface area contributed by atoms with Gasteiger partial charge in [0.2, 0.25) is 0 Å². The average molecular weight is 483 g/mol. The van der Waals surface area contributed by atoms with Crippen molar-refractivity contribution in [1.82, 2.24) is 24.9 Å². The number of amides is 1. The number of fused-ring (bicyclic) bond motifs is 1. The zero-order valence-electron chi connectivity index (χ0n) is 18.8. The fourth-order valence-corrected chi connectivity index (χ4v) is 4.79. The molecule has 5 rings (SSSR count). The van der Waals surface area contributed by atoms with E-state index in [1.54, 1.807) is 25.1 Å². The largest absolute Gasteiger partial charge is 0.424 e. The number of hydrogen-bond donors (Lipinski definition) is 1. The molecule has 10 heteroatoms. The van der Waals surface area contributed by atoms with Gasteiger partial charge in [0.15, 0.2) is 5.58 Å². The molecule has 1 fully saturated rings. The Morgan fingerprint density at radius 1 is 1.26 bits per heavy atom. The maximum atomic E-state index is 14.4. The van der Waals surface area contributed by atoms with Crippen LogP contribution in [0.5, 0.6) is 0 Å². The Kier molecular flexibility index (Phi) is 5.95. The van der Waals surface area contributed by atoms with Crippen molar-refractivity contribution in [1.29, 1.82) is 0 Å². The number of nitrogens with one attached hydrogen (secondary N) is 1. The molecule has 1 aliphatic heterocycles. The summed E-state index contributed by atoms with van der Waals surface area (Å²) in [6.45, 7) is 4.87. The second-order valence-electron chi connectivity index (χ2n) is 8.63. The molecule has 4 aromatic rings. The van der Waals surface area contributed by atoms with Crippen LogP contribution in [0.3, 0.4) is 0 Å². The predicted molar refractivity (Wildman–Crippen MR) is 127 cm³/mol. The minimum atomic E-state index is -0.471. The number of carbonyl (C=O) groups excluding carboxylic acids is 1. The smallest absolute Gasteiger partial charge is 0.295 e. The van der Waals surface area contributed by atoms with Gasteiger partial charge in [-0.15, -0.1) is 0 Å². The van der Waals surface area contributed by atoms with Crippen molar-refractivity contribution in [3.63, 3.8) is 0 Å². The van der Waals surface area contributed by atoms with Crippen molar-refractivity contribution in [3.05, 3.63) is 64.7 Å². The van der Waals surface area contributed by atoms with Crippen molar-refractivity contribution >= 4 is 34.6 Å². The molecule has 2 aromatic carbocycles. The topological polar surface area (TPSA) is 89.1 Å². The van der Waals surface area contributed by atoms with Crippen LogP contribution in [0.25, 0.3) is 16.8 Å². The monoisotopic (exact) mass is 482 g/mol. The number of benzene rings is 2. The first kappa shape index (κ1) is 22.3. The zero-order valence-corrected chi connectivity index (χ0v) is 19.6. The van der Waals surface area contributed by atoms with Gasteiger partial charge >= 0.3 is 0 Å². The van der Waals surface area contributed by atoms with E-state index in [1.807, 2.05) is 4.90 Å². The Labute approximate surface area is 200 Å². The Bertz CT molecular complexity index is 1340. The molecule has 0 aliphatic carbocycles. The van der Waals surface area contributed by atoms with Crippen LogP contribution in [0, 0.1) is 18.7 Å². The molecule has 1 amide bonds. The highest BCUT2D eigenvalue weighted by Gasteiger charge is 2.34. The molecule has 8 nitrogen and oxygen atoms in total. The van der Waals surface area contributed by atoms with Crippen molar-refractivity contribution in [3.8, 4) is 5.69 Å². The van der Waals surface area contributed by atoms with Crippen LogP contribution in [0.1, 0.15) is 35.7 Å². The second-order valence-corrected chi connectivity index (χ2v) is 9.07. The number of aryl methyl sites for hydroxylation is 1. The summed E-state index contributed by atoms with van der Waals surface area (Å²) in [5.74, 6) is -0.496. The van der Waals surface area contributed by atoms with Crippen LogP contribution >= 0.6 is 11.6 Å². The third kappa shape index (κ3) is 4.23. The van der Waals surface area contributed by atoms with Gasteiger partial charge < -0.3 is 14.6 Å². The highest BCUT2D eigenvalue weighted by molar-refractivity contribution is 6.31. The lowest BCUT2D eigenvalue weighted by molar-refractivity contribution is 0.0538. The number of likely N-dealkylation sites (tertiary alicyclic amines) is 1. The summed E-state index contributed by atoms with van der Waals surface area (Å²) in [5, 5.41) is 12.2. The van der Waals surface area contributed by atoms with E-state index in [0.717, 1.165) is 12.8 Å². The number of oxazole rings is 1. The minimum absolute atomic E-state index is 0.137. The Balaban J connectivity index is 1.43. The molecule has 1 aliphatic rings. The summed E-state index contributed by atoms with van der Waals surface area (Å²) < 4.78 is 20.2. The highest BCUT2D eigenvalue weighted by atomic mass is 35.5. The first-order valence-electron chi connectivity index (χ1n) is 11.2. The Morgan fingerprint density at radius 3 is 2.85 bits per heavy atom. The second kappa shape index (κ2) is 9.06. The maximum Gasteiger partial charge on any atom is 0.295 e. The number of carbonyl (C=O) groups is 1. The number of rotatable bonds is 5. The molecule has 2 atom stereocenters. The highest BCUT2D eigenvalue weighted by Crippen LogP contribution is 2.29. The SMILES string of the molecule is Cc1cc(F)cc(C(=O)N2CCC[C@@H](C)[C@H]2CNc2nc3ccc(Cl)cc3o2)c1-n1nccn1. The van der Waals surface area contributed by atoms with Gasteiger partial charge in [0, 0.05) is 24.2 Å². The number of nitrogens with zero attached hydrogens (tertiary/aromatic N) is 5. The zero-order chi connectivity index (χ0) is 23.8. The van der Waals surface area contributed by atoms with Gasteiger partial charge in [0.1, 0.15) is 17.0 Å². The molecule has 1 saturated heterocycles. The van der Waals surface area contributed by atoms with E-state index in [-0.39, 0.29) is 23.4 Å². The van der Waals surface area contributed by atoms with E-state index in [0.29, 0.717) is 46.5 Å². The summed E-state index contributed by atoms with van der Waals surface area (Å²) in [7, 11) is 0. The van der Waals surface area contributed by atoms with Crippen molar-refractivity contribution in [2.24, 2.45) is 5.92 Å². The van der Waals surface area contributed by atoms with Gasteiger partial charge in [-0.2, -0.15) is 20.0 Å². The minimum Gasteiger partial charge on any atom is -0.424 e. The first-order valence-corrected chi connectivity index (χ1v) is 11.6. The predicted octanol–water partition coefficient (Wildman–Crippen LogP) is 4.86. The normalized spacial score (nSPS) is 18.4. The number of piperidine rings is 1. The summed E-state index contributed by atoms with van der Waals surface area (Å²) in [4.78, 5) is 21.4. The lowest BCUT2D eigenvalue weighted by atomic mass is 9.89. The van der Waals surface area contributed by atoms with Crippen LogP contribution in [-0.2, 0) is 0 Å². The van der Waals surface area contributed by atoms with E-state index >= 15 is 0 Å². The molecular formula is C24H24ClFN6O2. The van der Waals surface area contributed by atoms with Crippen LogP contribution in [0.4, 0.5) is 10.4 Å². The molecule has 0 bridgehead atoms. The van der Waals surface area contributed by atoms with E-state index < -0.39 is 5.82 Å². The lowest BCUT2D eigenvalue weighted by Crippen LogP contribution is -2.51. The molecule has 2 aromatic heterocycles. The molecule has 0 radical (unpaired) electrons. The summed E-state index contributed by atoms with van der Waals surface area (Å²) in [5.41, 5.74) is 2.60. The Hall–Kier alpha value is -3.46. The average Bonchev–Trinajstić information content (AvgIpc) is 3.46. The number of anilines is 1. The molecule has 3 heterocycles. The van der Waals surface area contributed by atoms with E-state index in [1.165, 1.54) is 29.3 Å². The van der Waals surface area contributed by atoms with Gasteiger partial charge in [-0.25, -0.2) is 4.39 Å². The third-order valence-electron chi connectivity index (χ3n) is 6.30. The van der Waals surface area contributed by atoms with Gasteiger partial charge in [-0.05, 0) is 55.5 Å². The number of aromatic nitrogens is 4. The lowest BCUT2D eigenvalue weighted by Gasteiger charge is -2.40. The van der Waals surface area contributed by atoms with Gasteiger partial charge in [-0.1, -0.05) is 18.5 Å². The first-order chi connectivity index (χ1) is 16.4. The molecule has 0 unspecified atom stereocenters. The molecular weight excluding hydrogens is 459 g/mol. The van der Waals surface area contributed by atoms with Gasteiger partial charge in [0.05, 0.1) is 24.0 Å². The molecule has 34 heavy (non-hydrogen) atoms. The van der Waals surface area contributed by atoms with Crippen LogP contribution < -0.4 is 5.32 Å². The number of halogens is 2. The van der Waals surface area contributed by atoms with E-state index in [9.17, 15) is 9.18 Å². The van der Waals surface area contributed by atoms with Crippen molar-refractivity contribution < 1.29 is 13.6 Å². The molecule has 1 N–H and O–H groups in total. The van der Waals surface area contributed by atoms with Crippen LogP contribution in [0.2, 0.25) is 5.02 Å². The fraction of sp³-hybridized carbons (Fsp3) is 0.333. The quantitative estimate of drug-likeness (QED) is 0.437. The summed E-state index contributed by atoms with van der Waals surface area (Å²) in [6, 6.07) is 8.14. The van der Waals surface area contributed by atoms with Crippen LogP contribution in [0.15, 0.2) is 47.1 Å². The van der Waals surface area contributed by atoms with E-state index in [4.69, 9.17) is 16.0 Å². The van der Waals surface area contributed by atoms with E-state index in [2.05, 4.69) is 27.4 Å². The number of hydrogen-bond acceptors (Lipinski definition) is 6. The molecule has 0 spiro atoms.